The van der Waals surface area contributed by atoms with Gasteiger partial charge in [0.1, 0.15) is 6.21 Å². The fourth-order valence-electron chi connectivity index (χ4n) is 0.623. The lowest BCUT2D eigenvalue weighted by Crippen LogP contribution is -2.36. The average Bonchev–Trinajstić information content (AvgIpc) is 2.02. The monoisotopic (exact) mass is 187 g/mol. The van der Waals surface area contributed by atoms with Gasteiger partial charge in [-0.1, -0.05) is 13.3 Å². The van der Waals surface area contributed by atoms with Crippen molar-refractivity contribution in [2.24, 2.45) is 10.8 Å². The standard InChI is InChI=1S/C6H13N5O2/c1-2-3-4-5-9-10(6(7)8)11(12)13/h5H,2-4H2,1H3,(H3,7,8)/b9-5+. The fraction of sp³-hybridized carbons (Fsp3) is 0.667. The van der Waals surface area contributed by atoms with Crippen LogP contribution in [-0.2, 0) is 0 Å². The molecule has 0 heterocycles. The first kappa shape index (κ1) is 11.3. The molecule has 0 aromatic heterocycles. The molecule has 74 valence electrons. The molecule has 3 N–H and O–H groups in total. The third-order valence-corrected chi connectivity index (χ3v) is 1.25. The van der Waals surface area contributed by atoms with Crippen molar-refractivity contribution in [3.05, 3.63) is 10.1 Å². The molecule has 7 heteroatoms. The molecular formula is C6H13N5O2. The largest absolute Gasteiger partial charge is 0.363 e. The molecule has 7 nitrogen and oxygen atoms in total. The molecule has 0 aliphatic carbocycles. The number of nitrogens with zero attached hydrogens (tertiary/aromatic N) is 3. The van der Waals surface area contributed by atoms with Gasteiger partial charge in [-0.25, -0.2) is 0 Å². The van der Waals surface area contributed by atoms with Crippen LogP contribution in [0.2, 0.25) is 0 Å². The summed E-state index contributed by atoms with van der Waals surface area (Å²) in [6, 6.07) is 0. The van der Waals surface area contributed by atoms with Crippen LogP contribution in [0.15, 0.2) is 5.10 Å². The van der Waals surface area contributed by atoms with E-state index in [1.165, 1.54) is 6.21 Å². The van der Waals surface area contributed by atoms with Crippen molar-refractivity contribution in [3.8, 4) is 0 Å². The van der Waals surface area contributed by atoms with E-state index in [-0.39, 0.29) is 5.12 Å². The van der Waals surface area contributed by atoms with Crippen LogP contribution in [-0.4, -0.2) is 22.3 Å². The number of hydrazone groups is 1. The van der Waals surface area contributed by atoms with Crippen LogP contribution in [0.1, 0.15) is 26.2 Å². The third-order valence-electron chi connectivity index (χ3n) is 1.25. The molecule has 0 amide bonds. The predicted molar refractivity (Wildman–Crippen MR) is 48.8 cm³/mol. The minimum Gasteiger partial charge on any atom is -0.363 e. The van der Waals surface area contributed by atoms with Gasteiger partial charge in [-0.3, -0.25) is 5.41 Å². The van der Waals surface area contributed by atoms with Crippen LogP contribution in [0.25, 0.3) is 0 Å². The zero-order chi connectivity index (χ0) is 10.3. The van der Waals surface area contributed by atoms with Crippen molar-refractivity contribution in [1.29, 1.82) is 5.41 Å². The molecule has 0 bridgehead atoms. The minimum atomic E-state index is -0.842. The molecule has 0 rings (SSSR count). The molecule has 0 atom stereocenters. The molecule has 0 saturated carbocycles. The van der Waals surface area contributed by atoms with Crippen molar-refractivity contribution in [1.82, 2.24) is 5.12 Å². The molecule has 0 aliphatic heterocycles. The van der Waals surface area contributed by atoms with E-state index in [1.807, 2.05) is 6.92 Å². The summed E-state index contributed by atoms with van der Waals surface area (Å²) in [5.41, 5.74) is 4.91. The van der Waals surface area contributed by atoms with Gasteiger partial charge in [-0.15, -0.1) is 0 Å². The smallest absolute Gasteiger partial charge is 0.280 e. The van der Waals surface area contributed by atoms with Gasteiger partial charge in [-0.2, -0.15) is 0 Å². The summed E-state index contributed by atoms with van der Waals surface area (Å²) in [6.45, 7) is 2.00. The summed E-state index contributed by atoms with van der Waals surface area (Å²) < 4.78 is 0. The van der Waals surface area contributed by atoms with Crippen molar-refractivity contribution < 1.29 is 5.03 Å². The Morgan fingerprint density at radius 2 is 2.46 bits per heavy atom. The van der Waals surface area contributed by atoms with Crippen molar-refractivity contribution in [2.75, 3.05) is 0 Å². The van der Waals surface area contributed by atoms with Crippen molar-refractivity contribution >= 4 is 12.2 Å². The summed E-state index contributed by atoms with van der Waals surface area (Å²) in [7, 11) is 0. The van der Waals surface area contributed by atoms with E-state index < -0.39 is 11.0 Å². The first-order chi connectivity index (χ1) is 6.09. The van der Waals surface area contributed by atoms with E-state index in [9.17, 15) is 10.1 Å². The Balaban J connectivity index is 4.03. The lowest BCUT2D eigenvalue weighted by molar-refractivity contribution is -0.631. The van der Waals surface area contributed by atoms with Gasteiger partial charge in [0.05, 0.1) is 10.2 Å². The SMILES string of the molecule is CCCC/C=N/N(C(=N)N)[N+](=O)[O-]. The minimum absolute atomic E-state index is 0.232. The van der Waals surface area contributed by atoms with Crippen LogP contribution in [0, 0.1) is 15.5 Å². The number of guanidine groups is 1. The summed E-state index contributed by atoms with van der Waals surface area (Å²) >= 11 is 0. The zero-order valence-corrected chi connectivity index (χ0v) is 7.43. The van der Waals surface area contributed by atoms with Gasteiger partial charge >= 0.3 is 0 Å². The summed E-state index contributed by atoms with van der Waals surface area (Å²) in [6.07, 6.45) is 3.93. The van der Waals surface area contributed by atoms with Gasteiger partial charge in [0.25, 0.3) is 5.96 Å². The van der Waals surface area contributed by atoms with E-state index in [4.69, 9.17) is 11.1 Å². The number of nitro groups is 1. The van der Waals surface area contributed by atoms with Gasteiger partial charge in [0.15, 0.2) is 0 Å². The van der Waals surface area contributed by atoms with Crippen LogP contribution in [0.5, 0.6) is 0 Å². The molecule has 0 aromatic carbocycles. The number of hydrazine groups is 1. The van der Waals surface area contributed by atoms with Crippen molar-refractivity contribution in [2.45, 2.75) is 26.2 Å². The number of rotatable bonds is 5. The Morgan fingerprint density at radius 3 is 2.85 bits per heavy atom. The molecule has 0 aliphatic rings. The summed E-state index contributed by atoms with van der Waals surface area (Å²) in [4.78, 5) is 10.2. The Labute approximate surface area is 75.8 Å². The third kappa shape index (κ3) is 4.72. The number of nitrogens with two attached hydrogens (primary N) is 1. The predicted octanol–water partition coefficient (Wildman–Crippen LogP) is 0.550. The lowest BCUT2D eigenvalue weighted by Gasteiger charge is -2.03. The van der Waals surface area contributed by atoms with Crippen LogP contribution in [0.3, 0.4) is 0 Å². The molecule has 0 saturated heterocycles. The molecule has 0 unspecified atom stereocenters. The van der Waals surface area contributed by atoms with Gasteiger partial charge in [-0.05, 0) is 6.42 Å². The first-order valence-corrected chi connectivity index (χ1v) is 3.90. The highest BCUT2D eigenvalue weighted by Crippen LogP contribution is 1.92. The molecule has 0 radical (unpaired) electrons. The molecule has 0 aromatic rings. The normalized spacial score (nSPS) is 10.2. The van der Waals surface area contributed by atoms with Crippen LogP contribution in [0.4, 0.5) is 0 Å². The van der Waals surface area contributed by atoms with Crippen LogP contribution >= 0.6 is 0 Å². The number of hydrogen-bond acceptors (Lipinski definition) is 4. The summed E-state index contributed by atoms with van der Waals surface area (Å²) in [5.74, 6) is -0.697. The van der Waals surface area contributed by atoms with Gasteiger partial charge in [0.2, 0.25) is 0 Å². The topological polar surface area (TPSA) is 109 Å². The maximum Gasteiger partial charge on any atom is 0.280 e. The number of unbranched alkanes of at least 4 members (excludes halogenated alkanes) is 2. The summed E-state index contributed by atoms with van der Waals surface area (Å²) in [5, 5.41) is 19.8. The average molecular weight is 187 g/mol. The Bertz CT molecular complexity index is 201. The Kier molecular flexibility index (Phi) is 5.17. The van der Waals surface area contributed by atoms with Crippen LogP contribution < -0.4 is 5.73 Å². The molecular weight excluding hydrogens is 174 g/mol. The van der Waals surface area contributed by atoms with E-state index >= 15 is 0 Å². The van der Waals surface area contributed by atoms with Gasteiger partial charge in [0, 0.05) is 11.5 Å². The van der Waals surface area contributed by atoms with Crippen molar-refractivity contribution in [3.63, 3.8) is 0 Å². The second kappa shape index (κ2) is 5.92. The van der Waals surface area contributed by atoms with E-state index in [2.05, 4.69) is 5.10 Å². The Morgan fingerprint density at radius 1 is 1.85 bits per heavy atom. The zero-order valence-electron chi connectivity index (χ0n) is 7.43. The fourth-order valence-corrected chi connectivity index (χ4v) is 0.623. The Hall–Kier alpha value is -1.66. The van der Waals surface area contributed by atoms with E-state index in [0.717, 1.165) is 12.8 Å². The quantitative estimate of drug-likeness (QED) is 0.215. The highest BCUT2D eigenvalue weighted by molar-refractivity contribution is 5.74. The molecule has 13 heavy (non-hydrogen) atoms. The number of nitrogens with one attached hydrogen (secondary N) is 1. The highest BCUT2D eigenvalue weighted by atomic mass is 16.7. The lowest BCUT2D eigenvalue weighted by atomic mass is 10.3. The second-order valence-electron chi connectivity index (χ2n) is 2.35. The molecule has 0 fully saturated rings. The first-order valence-electron chi connectivity index (χ1n) is 3.90. The van der Waals surface area contributed by atoms with Gasteiger partial charge < -0.3 is 15.8 Å². The van der Waals surface area contributed by atoms with E-state index in [0.29, 0.717) is 6.42 Å². The number of hydrogen-bond donors (Lipinski definition) is 2. The molecule has 0 spiro atoms. The van der Waals surface area contributed by atoms with E-state index in [1.54, 1.807) is 0 Å². The maximum atomic E-state index is 10.2. The highest BCUT2D eigenvalue weighted by Gasteiger charge is 2.14. The maximum absolute atomic E-state index is 10.2. The second-order valence-corrected chi connectivity index (χ2v) is 2.35.